The van der Waals surface area contributed by atoms with Crippen molar-refractivity contribution in [1.29, 1.82) is 0 Å². The molecule has 0 saturated carbocycles. The fourth-order valence-corrected chi connectivity index (χ4v) is 2.73. The number of hydrogen-bond acceptors (Lipinski definition) is 5. The molecule has 1 heterocycles. The smallest absolute Gasteiger partial charge is 0.357 e. The van der Waals surface area contributed by atoms with Crippen molar-refractivity contribution >= 4 is 23.5 Å². The molecule has 0 atom stereocenters. The summed E-state index contributed by atoms with van der Waals surface area (Å²) in [6.45, 7) is -0.0216. The van der Waals surface area contributed by atoms with E-state index < -0.39 is 18.5 Å². The van der Waals surface area contributed by atoms with Gasteiger partial charge in [0.15, 0.2) is 6.61 Å². The molecule has 152 valence electrons. The predicted molar refractivity (Wildman–Crippen MR) is 112 cm³/mol. The number of amides is 2. The summed E-state index contributed by atoms with van der Waals surface area (Å²) in [5.74, 6) is -1.55. The topological polar surface area (TPSA) is 97.4 Å². The zero-order valence-electron chi connectivity index (χ0n) is 16.2. The number of nitrogens with one attached hydrogen (secondary N) is 2. The van der Waals surface area contributed by atoms with Crippen LogP contribution in [0.3, 0.4) is 0 Å². The Hall–Kier alpha value is -4.00. The molecule has 0 unspecified atom stereocenters. The quantitative estimate of drug-likeness (QED) is 0.564. The number of pyridine rings is 1. The van der Waals surface area contributed by atoms with Crippen LogP contribution in [-0.2, 0) is 16.0 Å². The highest BCUT2D eigenvalue weighted by Crippen LogP contribution is 2.15. The molecule has 30 heavy (non-hydrogen) atoms. The molecule has 2 amide bonds. The molecule has 1 aromatic heterocycles. The highest BCUT2D eigenvalue weighted by molar-refractivity contribution is 6.04. The van der Waals surface area contributed by atoms with E-state index >= 15 is 0 Å². The Morgan fingerprint density at radius 3 is 2.37 bits per heavy atom. The van der Waals surface area contributed by atoms with E-state index in [1.165, 1.54) is 12.3 Å². The highest BCUT2D eigenvalue weighted by atomic mass is 16.5. The first-order valence-corrected chi connectivity index (χ1v) is 9.42. The molecule has 3 rings (SSSR count). The van der Waals surface area contributed by atoms with Gasteiger partial charge in [-0.25, -0.2) is 9.78 Å². The van der Waals surface area contributed by atoms with E-state index in [4.69, 9.17) is 4.74 Å². The Labute approximate surface area is 174 Å². The van der Waals surface area contributed by atoms with Gasteiger partial charge in [-0.05, 0) is 36.2 Å². The Balaban J connectivity index is 1.53. The molecule has 3 aromatic rings. The van der Waals surface area contributed by atoms with Crippen LogP contribution in [0.4, 0.5) is 5.69 Å². The number of rotatable bonds is 8. The van der Waals surface area contributed by atoms with Crippen molar-refractivity contribution in [2.75, 3.05) is 18.5 Å². The van der Waals surface area contributed by atoms with Gasteiger partial charge in [0.1, 0.15) is 5.69 Å². The van der Waals surface area contributed by atoms with Gasteiger partial charge >= 0.3 is 5.97 Å². The third kappa shape index (κ3) is 6.00. The minimum Gasteiger partial charge on any atom is -0.451 e. The molecule has 2 N–H and O–H groups in total. The maximum Gasteiger partial charge on any atom is 0.357 e. The van der Waals surface area contributed by atoms with Crippen molar-refractivity contribution < 1.29 is 19.1 Å². The average molecular weight is 403 g/mol. The molecule has 0 bridgehead atoms. The van der Waals surface area contributed by atoms with Crippen LogP contribution in [0.25, 0.3) is 0 Å². The summed E-state index contributed by atoms with van der Waals surface area (Å²) >= 11 is 0. The van der Waals surface area contributed by atoms with Crippen molar-refractivity contribution in [2.24, 2.45) is 0 Å². The fourth-order valence-electron chi connectivity index (χ4n) is 2.73. The Morgan fingerprint density at radius 1 is 0.867 bits per heavy atom. The lowest BCUT2D eigenvalue weighted by molar-refractivity contribution is -0.119. The van der Waals surface area contributed by atoms with Crippen molar-refractivity contribution in [1.82, 2.24) is 10.3 Å². The van der Waals surface area contributed by atoms with Crippen molar-refractivity contribution in [3.05, 3.63) is 95.8 Å². The summed E-state index contributed by atoms with van der Waals surface area (Å²) < 4.78 is 4.96. The van der Waals surface area contributed by atoms with E-state index in [-0.39, 0.29) is 11.6 Å². The maximum absolute atomic E-state index is 12.5. The van der Waals surface area contributed by atoms with E-state index in [1.54, 1.807) is 36.4 Å². The van der Waals surface area contributed by atoms with E-state index in [0.29, 0.717) is 24.2 Å². The first-order chi connectivity index (χ1) is 14.6. The van der Waals surface area contributed by atoms with Crippen LogP contribution >= 0.6 is 0 Å². The molecule has 0 aliphatic carbocycles. The monoisotopic (exact) mass is 403 g/mol. The van der Waals surface area contributed by atoms with Crippen LogP contribution < -0.4 is 10.6 Å². The van der Waals surface area contributed by atoms with Crippen molar-refractivity contribution in [3.8, 4) is 0 Å². The minimum atomic E-state index is -0.697. The molecule has 0 saturated heterocycles. The summed E-state index contributed by atoms with van der Waals surface area (Å²) in [5.41, 5.74) is 1.90. The first-order valence-electron chi connectivity index (χ1n) is 9.42. The number of ether oxygens (including phenoxy) is 1. The molecule has 7 heteroatoms. The van der Waals surface area contributed by atoms with Crippen LogP contribution in [0.5, 0.6) is 0 Å². The number of para-hydroxylation sites is 1. The second-order valence-electron chi connectivity index (χ2n) is 6.38. The van der Waals surface area contributed by atoms with Crippen molar-refractivity contribution in [2.45, 2.75) is 6.42 Å². The molecular weight excluding hydrogens is 382 g/mol. The van der Waals surface area contributed by atoms with Gasteiger partial charge in [-0.2, -0.15) is 0 Å². The van der Waals surface area contributed by atoms with Crippen LogP contribution in [0.15, 0.2) is 79.0 Å². The van der Waals surface area contributed by atoms with Crippen LogP contribution in [0.2, 0.25) is 0 Å². The number of carbonyl (C=O) groups is 3. The third-order valence-corrected chi connectivity index (χ3v) is 4.20. The summed E-state index contributed by atoms with van der Waals surface area (Å²) in [6, 6.07) is 21.3. The van der Waals surface area contributed by atoms with Crippen LogP contribution in [0.1, 0.15) is 26.4 Å². The highest BCUT2D eigenvalue weighted by Gasteiger charge is 2.15. The number of aromatic nitrogens is 1. The number of anilines is 1. The largest absolute Gasteiger partial charge is 0.451 e. The van der Waals surface area contributed by atoms with Crippen LogP contribution in [0, 0.1) is 0 Å². The van der Waals surface area contributed by atoms with Gasteiger partial charge in [-0.3, -0.25) is 9.59 Å². The van der Waals surface area contributed by atoms with Gasteiger partial charge in [-0.1, -0.05) is 48.5 Å². The number of esters is 1. The van der Waals surface area contributed by atoms with E-state index in [9.17, 15) is 14.4 Å². The Morgan fingerprint density at radius 2 is 1.60 bits per heavy atom. The van der Waals surface area contributed by atoms with Crippen molar-refractivity contribution in [3.63, 3.8) is 0 Å². The van der Waals surface area contributed by atoms with Gasteiger partial charge in [0.05, 0.1) is 11.3 Å². The first kappa shape index (κ1) is 20.7. The summed E-state index contributed by atoms with van der Waals surface area (Å²) in [6.07, 6.45) is 2.16. The third-order valence-electron chi connectivity index (χ3n) is 4.20. The molecular formula is C23H21N3O4. The molecule has 0 aliphatic heterocycles. The second-order valence-corrected chi connectivity index (χ2v) is 6.38. The standard InChI is InChI=1S/C23H21N3O4/c27-21(16-30-23(29)20-12-6-7-14-24-20)26-19-11-5-4-10-18(19)22(28)25-15-13-17-8-2-1-3-9-17/h1-12,14H,13,15-16H2,(H,25,28)(H,26,27). The lowest BCUT2D eigenvalue weighted by Gasteiger charge is -2.12. The summed E-state index contributed by atoms with van der Waals surface area (Å²) in [5, 5.41) is 5.46. The number of hydrogen-bond donors (Lipinski definition) is 2. The fraction of sp³-hybridized carbons (Fsp3) is 0.130. The average Bonchev–Trinajstić information content (AvgIpc) is 2.79. The van der Waals surface area contributed by atoms with Gasteiger partial charge in [0, 0.05) is 12.7 Å². The van der Waals surface area contributed by atoms with Gasteiger partial charge in [0.2, 0.25) is 0 Å². The molecule has 0 spiro atoms. The molecule has 0 radical (unpaired) electrons. The predicted octanol–water partition coefficient (Wildman–Crippen LogP) is 2.85. The number of benzene rings is 2. The summed E-state index contributed by atoms with van der Waals surface area (Å²) in [7, 11) is 0. The maximum atomic E-state index is 12.5. The van der Waals surface area contributed by atoms with E-state index in [2.05, 4.69) is 15.6 Å². The van der Waals surface area contributed by atoms with Gasteiger partial charge < -0.3 is 15.4 Å². The zero-order chi connectivity index (χ0) is 21.2. The number of carbonyl (C=O) groups excluding carboxylic acids is 3. The SMILES string of the molecule is O=C(COC(=O)c1ccccn1)Nc1ccccc1C(=O)NCCc1ccccc1. The van der Waals surface area contributed by atoms with Gasteiger partial charge in [-0.15, -0.1) is 0 Å². The Bertz CT molecular complexity index is 1010. The molecule has 7 nitrogen and oxygen atoms in total. The van der Waals surface area contributed by atoms with Gasteiger partial charge in [0.25, 0.3) is 11.8 Å². The van der Waals surface area contributed by atoms with Crippen LogP contribution in [-0.4, -0.2) is 35.9 Å². The Kier molecular flexibility index (Phi) is 7.27. The second kappa shape index (κ2) is 10.5. The summed E-state index contributed by atoms with van der Waals surface area (Å²) in [4.78, 5) is 40.5. The van der Waals surface area contributed by atoms with E-state index in [1.807, 2.05) is 30.3 Å². The lowest BCUT2D eigenvalue weighted by atomic mass is 10.1. The van der Waals surface area contributed by atoms with E-state index in [0.717, 1.165) is 5.56 Å². The normalized spacial score (nSPS) is 10.1. The molecule has 0 aliphatic rings. The lowest BCUT2D eigenvalue weighted by Crippen LogP contribution is -2.28. The number of nitrogens with zero attached hydrogens (tertiary/aromatic N) is 1. The molecule has 0 fully saturated rings. The zero-order valence-corrected chi connectivity index (χ0v) is 16.2. The molecule has 2 aromatic carbocycles. The minimum absolute atomic E-state index is 0.114.